The van der Waals surface area contributed by atoms with Crippen LogP contribution in [0.15, 0.2) is 109 Å². The minimum Gasteiger partial charge on any atom is -0.502 e. The van der Waals surface area contributed by atoms with E-state index in [0.29, 0.717) is 27.5 Å². The summed E-state index contributed by atoms with van der Waals surface area (Å²) in [5.74, 6) is -5.83. The summed E-state index contributed by atoms with van der Waals surface area (Å²) in [4.78, 5) is 59.6. The normalized spacial score (nSPS) is 26.1. The molecular formula is C42H35ClFN3O7. The number of carbonyl (C=O) groups is 4. The number of hydrogen-bond acceptors (Lipinski definition) is 8. The number of allylic oxidation sites excluding steroid dienone is 3. The average Bonchev–Trinajstić information content (AvgIpc) is 3.56. The molecule has 12 heteroatoms. The Morgan fingerprint density at radius 3 is 2.19 bits per heavy atom. The number of para-hydroxylation sites is 1. The third-order valence-corrected chi connectivity index (χ3v) is 11.6. The van der Waals surface area contributed by atoms with Crippen molar-refractivity contribution in [1.82, 2.24) is 5.01 Å². The van der Waals surface area contributed by atoms with E-state index in [-0.39, 0.29) is 41.9 Å². The Hall–Kier alpha value is -5.94. The summed E-state index contributed by atoms with van der Waals surface area (Å²) in [6, 6.07) is 24.1. The number of hydrazine groups is 1. The fourth-order valence-electron chi connectivity index (χ4n) is 8.95. The number of ether oxygens (including phenoxy) is 2. The Kier molecular flexibility index (Phi) is 8.76. The zero-order valence-corrected chi connectivity index (χ0v) is 30.0. The van der Waals surface area contributed by atoms with E-state index < -0.39 is 52.6 Å². The van der Waals surface area contributed by atoms with Crippen molar-refractivity contribution in [3.05, 3.63) is 131 Å². The molecule has 54 heavy (non-hydrogen) atoms. The average molecular weight is 748 g/mol. The highest BCUT2D eigenvalue weighted by Gasteiger charge is 2.69. The van der Waals surface area contributed by atoms with Crippen LogP contribution in [0, 0.1) is 35.4 Å². The minimum absolute atomic E-state index is 0.106. The van der Waals surface area contributed by atoms with Gasteiger partial charge >= 0.3 is 0 Å². The van der Waals surface area contributed by atoms with Gasteiger partial charge in [0.15, 0.2) is 11.5 Å². The van der Waals surface area contributed by atoms with Crippen LogP contribution in [0.25, 0.3) is 6.08 Å². The van der Waals surface area contributed by atoms with E-state index in [1.165, 1.54) is 43.4 Å². The number of phenols is 1. The van der Waals surface area contributed by atoms with Gasteiger partial charge in [-0.1, -0.05) is 65.7 Å². The van der Waals surface area contributed by atoms with Crippen molar-refractivity contribution in [2.75, 3.05) is 24.5 Å². The van der Waals surface area contributed by atoms with Crippen LogP contribution in [0.5, 0.6) is 17.2 Å². The number of halogens is 2. The van der Waals surface area contributed by atoms with Crippen molar-refractivity contribution in [3.8, 4) is 17.2 Å². The highest BCUT2D eigenvalue weighted by molar-refractivity contribution is 6.30. The summed E-state index contributed by atoms with van der Waals surface area (Å²) in [6.07, 6.45) is 5.93. The van der Waals surface area contributed by atoms with E-state index in [1.807, 2.05) is 18.2 Å². The van der Waals surface area contributed by atoms with Crippen molar-refractivity contribution < 1.29 is 38.1 Å². The molecule has 1 saturated carbocycles. The van der Waals surface area contributed by atoms with Crippen LogP contribution in [0.3, 0.4) is 0 Å². The second kappa shape index (κ2) is 13.5. The maximum atomic E-state index is 15.2. The molecule has 6 atom stereocenters. The molecule has 0 radical (unpaired) electrons. The number of nitrogens with zero attached hydrogens (tertiary/aromatic N) is 2. The molecule has 0 aromatic heterocycles. The Morgan fingerprint density at radius 2 is 1.54 bits per heavy atom. The summed E-state index contributed by atoms with van der Waals surface area (Å²) in [7, 11) is 2.84. The number of fused-ring (bicyclic) bond motifs is 4. The van der Waals surface area contributed by atoms with Crippen molar-refractivity contribution in [2.45, 2.75) is 18.3 Å². The highest BCUT2D eigenvalue weighted by atomic mass is 35.5. The first-order valence-corrected chi connectivity index (χ1v) is 17.9. The molecule has 0 bridgehead atoms. The molecule has 4 aromatic carbocycles. The third kappa shape index (κ3) is 5.36. The lowest BCUT2D eigenvalue weighted by atomic mass is 9.50. The number of methoxy groups -OCH3 is 2. The van der Waals surface area contributed by atoms with Crippen molar-refractivity contribution in [3.63, 3.8) is 0 Å². The summed E-state index contributed by atoms with van der Waals surface area (Å²) in [5, 5.41) is 12.0. The first-order chi connectivity index (χ1) is 26.1. The quantitative estimate of drug-likeness (QED) is 0.147. The minimum atomic E-state index is -1.53. The standard InChI is InChI=1S/C42H35ClFN3O7/c1-53-34-20-23(21-35(54-2)37(34)48)8-19-32-29-17-18-30-36(40(51)46(38(30)49)28-6-4-3-5-7-28)31(29)22-33-39(50)47(45-27-15-13-26(44)14-16-27)41(52)42(32,33)24-9-11-25(43)12-10-24/h3-17,19-21,30-33,36,45,48H,18,22H2,1-2H3/t30-,31+,32-,33-,36-,42-/m0/s1. The summed E-state index contributed by atoms with van der Waals surface area (Å²) in [5.41, 5.74) is 4.08. The Labute approximate surface area is 315 Å². The van der Waals surface area contributed by atoms with Crippen LogP contribution in [0.4, 0.5) is 15.8 Å². The second-order valence-corrected chi connectivity index (χ2v) is 14.3. The number of phenolic OH excluding ortho intramolecular Hbond substituents is 1. The number of amides is 4. The summed E-state index contributed by atoms with van der Waals surface area (Å²) < 4.78 is 24.7. The monoisotopic (exact) mass is 747 g/mol. The molecule has 4 amide bonds. The molecule has 0 unspecified atom stereocenters. The molecular weight excluding hydrogens is 713 g/mol. The first kappa shape index (κ1) is 35.1. The van der Waals surface area contributed by atoms with Gasteiger partial charge in [-0.15, -0.1) is 0 Å². The molecule has 2 aliphatic carbocycles. The molecule has 4 aromatic rings. The Bertz CT molecular complexity index is 2220. The maximum Gasteiger partial charge on any atom is 0.260 e. The molecule has 0 spiro atoms. The SMILES string of the molecule is COc1cc(C=C[C@H]2C3=CC[C@@H]4C(=O)N(c5ccccc5)C(=O)[C@@H]4[C@@H]3C[C@H]3C(=O)N(Nc4ccc(F)cc4)C(=O)[C@@]23c2ccc(Cl)cc2)cc(OC)c1O. The van der Waals surface area contributed by atoms with Crippen LogP contribution in [-0.4, -0.2) is 48.0 Å². The third-order valence-electron chi connectivity index (χ3n) is 11.3. The number of hydrogen-bond donors (Lipinski definition) is 2. The molecule has 3 fully saturated rings. The van der Waals surface area contributed by atoms with Gasteiger partial charge in [-0.2, -0.15) is 5.01 Å². The molecule has 274 valence electrons. The van der Waals surface area contributed by atoms with Gasteiger partial charge in [0.1, 0.15) is 5.82 Å². The van der Waals surface area contributed by atoms with Gasteiger partial charge in [0.25, 0.3) is 11.8 Å². The van der Waals surface area contributed by atoms with Crippen LogP contribution in [-0.2, 0) is 24.6 Å². The van der Waals surface area contributed by atoms with E-state index >= 15 is 4.79 Å². The molecule has 2 aliphatic heterocycles. The van der Waals surface area contributed by atoms with Crippen molar-refractivity contribution in [1.29, 1.82) is 0 Å². The fraction of sp³-hybridized carbons (Fsp3) is 0.238. The van der Waals surface area contributed by atoms with Crippen LogP contribution in [0.2, 0.25) is 5.02 Å². The lowest BCUT2D eigenvalue weighted by Crippen LogP contribution is -2.54. The van der Waals surface area contributed by atoms with Crippen LogP contribution < -0.4 is 19.8 Å². The van der Waals surface area contributed by atoms with E-state index in [9.17, 15) is 23.9 Å². The van der Waals surface area contributed by atoms with Crippen LogP contribution >= 0.6 is 11.6 Å². The second-order valence-electron chi connectivity index (χ2n) is 13.9. The summed E-state index contributed by atoms with van der Waals surface area (Å²) in [6.45, 7) is 0. The zero-order chi connectivity index (χ0) is 37.9. The molecule has 8 rings (SSSR count). The van der Waals surface area contributed by atoms with E-state index in [2.05, 4.69) is 5.43 Å². The van der Waals surface area contributed by atoms with Gasteiger partial charge < -0.3 is 14.6 Å². The Morgan fingerprint density at radius 1 is 0.870 bits per heavy atom. The highest BCUT2D eigenvalue weighted by Crippen LogP contribution is 2.61. The first-order valence-electron chi connectivity index (χ1n) is 17.5. The van der Waals surface area contributed by atoms with Crippen LogP contribution in [0.1, 0.15) is 24.0 Å². The number of rotatable bonds is 8. The van der Waals surface area contributed by atoms with Crippen molar-refractivity contribution >= 4 is 52.7 Å². The molecule has 2 heterocycles. The molecule has 4 aliphatic rings. The van der Waals surface area contributed by atoms with E-state index in [0.717, 1.165) is 10.6 Å². The number of anilines is 2. The lowest BCUT2D eigenvalue weighted by molar-refractivity contribution is -0.139. The number of aromatic hydroxyl groups is 1. The topological polar surface area (TPSA) is 125 Å². The Balaban J connectivity index is 1.31. The number of imide groups is 2. The lowest BCUT2D eigenvalue weighted by Gasteiger charge is -2.49. The smallest absolute Gasteiger partial charge is 0.260 e. The number of benzene rings is 4. The molecule has 2 N–H and O–H groups in total. The zero-order valence-electron chi connectivity index (χ0n) is 29.2. The predicted molar refractivity (Wildman–Crippen MR) is 199 cm³/mol. The predicted octanol–water partition coefficient (Wildman–Crippen LogP) is 6.94. The van der Waals surface area contributed by atoms with Gasteiger partial charge in [0, 0.05) is 10.9 Å². The van der Waals surface area contributed by atoms with Gasteiger partial charge in [-0.25, -0.2) is 4.39 Å². The molecule has 10 nitrogen and oxygen atoms in total. The van der Waals surface area contributed by atoms with Crippen molar-refractivity contribution in [2.24, 2.45) is 29.6 Å². The van der Waals surface area contributed by atoms with Gasteiger partial charge in [0.05, 0.1) is 48.8 Å². The van der Waals surface area contributed by atoms with Gasteiger partial charge in [-0.05, 0) is 90.6 Å². The fourth-order valence-corrected chi connectivity index (χ4v) is 9.08. The van der Waals surface area contributed by atoms with E-state index in [1.54, 1.807) is 66.7 Å². The largest absolute Gasteiger partial charge is 0.502 e. The number of carbonyl (C=O) groups excluding carboxylic acids is 4. The van der Waals surface area contributed by atoms with E-state index in [4.69, 9.17) is 21.1 Å². The maximum absolute atomic E-state index is 15.2. The number of nitrogens with one attached hydrogen (secondary N) is 1. The van der Waals surface area contributed by atoms with Gasteiger partial charge in [-0.3, -0.25) is 29.5 Å². The van der Waals surface area contributed by atoms with Gasteiger partial charge in [0.2, 0.25) is 17.6 Å². The summed E-state index contributed by atoms with van der Waals surface area (Å²) >= 11 is 6.37. The molecule has 2 saturated heterocycles.